The van der Waals surface area contributed by atoms with E-state index in [4.69, 9.17) is 11.6 Å². The highest BCUT2D eigenvalue weighted by atomic mass is 35.5. The molecule has 5 heteroatoms. The maximum atomic E-state index is 5.97. The van der Waals surface area contributed by atoms with Crippen LogP contribution < -0.4 is 0 Å². The number of aromatic nitrogens is 3. The van der Waals surface area contributed by atoms with Gasteiger partial charge in [-0.25, -0.2) is 9.97 Å². The quantitative estimate of drug-likeness (QED) is 0.532. The van der Waals surface area contributed by atoms with Crippen LogP contribution in [0.3, 0.4) is 0 Å². The Labute approximate surface area is 130 Å². The first-order chi connectivity index (χ1) is 10.3. The van der Waals surface area contributed by atoms with Crippen LogP contribution in [-0.2, 0) is 0 Å². The van der Waals surface area contributed by atoms with Gasteiger partial charge in [-0.2, -0.15) is 0 Å². The van der Waals surface area contributed by atoms with Crippen molar-refractivity contribution in [2.24, 2.45) is 0 Å². The fourth-order valence-electron chi connectivity index (χ4n) is 2.34. The Morgan fingerprint density at radius 1 is 1.00 bits per heavy atom. The van der Waals surface area contributed by atoms with Gasteiger partial charge in [0.05, 0.1) is 17.2 Å². The van der Waals surface area contributed by atoms with E-state index in [0.29, 0.717) is 4.34 Å². The maximum Gasteiger partial charge on any atom is 0.124 e. The summed E-state index contributed by atoms with van der Waals surface area (Å²) in [6, 6.07) is 16.3. The van der Waals surface area contributed by atoms with Gasteiger partial charge in [-0.15, -0.1) is 11.3 Å². The molecule has 0 N–H and O–H groups in total. The monoisotopic (exact) mass is 311 g/mol. The molecule has 3 nitrogen and oxygen atoms in total. The average Bonchev–Trinajstić information content (AvgIpc) is 3.13. The topological polar surface area (TPSA) is 30.7 Å². The van der Waals surface area contributed by atoms with Gasteiger partial charge in [0.25, 0.3) is 0 Å². The summed E-state index contributed by atoms with van der Waals surface area (Å²) in [6.45, 7) is 0. The van der Waals surface area contributed by atoms with E-state index in [1.807, 2.05) is 36.7 Å². The predicted octanol–water partition coefficient (Wildman–Crippen LogP) is 4.80. The first-order valence-corrected chi connectivity index (χ1v) is 7.65. The summed E-state index contributed by atoms with van der Waals surface area (Å²) in [7, 11) is 0. The molecule has 0 unspecified atom stereocenters. The highest BCUT2D eigenvalue weighted by Crippen LogP contribution is 2.29. The number of hydrogen-bond acceptors (Lipinski definition) is 3. The maximum absolute atomic E-state index is 5.97. The molecule has 2 aromatic heterocycles. The molecule has 0 aliphatic rings. The number of fused-ring (bicyclic) bond motifs is 1. The number of nitrogens with zero attached hydrogens (tertiary/aromatic N) is 3. The molecule has 0 saturated heterocycles. The third kappa shape index (κ3) is 2.22. The van der Waals surface area contributed by atoms with Gasteiger partial charge in [0.1, 0.15) is 15.7 Å². The highest BCUT2D eigenvalue weighted by Gasteiger charge is 2.07. The van der Waals surface area contributed by atoms with E-state index < -0.39 is 0 Å². The van der Waals surface area contributed by atoms with Crippen molar-refractivity contribution in [2.75, 3.05) is 0 Å². The van der Waals surface area contributed by atoms with Crippen molar-refractivity contribution >= 4 is 34.0 Å². The molecular formula is C16H10ClN3S. The normalized spacial score (nSPS) is 11.1. The van der Waals surface area contributed by atoms with Crippen LogP contribution in [0.2, 0.25) is 4.34 Å². The lowest BCUT2D eigenvalue weighted by molar-refractivity contribution is 1.09. The number of rotatable bonds is 2. The predicted molar refractivity (Wildman–Crippen MR) is 87.2 cm³/mol. The van der Waals surface area contributed by atoms with Crippen LogP contribution in [0.25, 0.3) is 27.3 Å². The lowest BCUT2D eigenvalue weighted by atomic mass is 10.2. The molecule has 0 radical (unpaired) electrons. The van der Waals surface area contributed by atoms with Crippen LogP contribution in [0.15, 0.2) is 61.1 Å². The molecule has 4 aromatic rings. The summed E-state index contributed by atoms with van der Waals surface area (Å²) in [5.74, 6) is 0. The van der Waals surface area contributed by atoms with Gasteiger partial charge in [-0.05, 0) is 24.3 Å². The fourth-order valence-corrected chi connectivity index (χ4v) is 3.25. The van der Waals surface area contributed by atoms with Crippen LogP contribution in [0, 0.1) is 0 Å². The molecular weight excluding hydrogens is 302 g/mol. The molecule has 102 valence electrons. The second kappa shape index (κ2) is 4.98. The second-order valence-electron chi connectivity index (χ2n) is 4.62. The standard InChI is InChI=1S/C16H10ClN3S/c17-15-9-18-16(21-15)11-4-3-5-12(8-11)20-10-19-13-6-1-2-7-14(13)20/h1-10H. The van der Waals surface area contributed by atoms with E-state index in [2.05, 4.69) is 32.7 Å². The number of benzene rings is 2. The van der Waals surface area contributed by atoms with Gasteiger partial charge >= 0.3 is 0 Å². The minimum atomic E-state index is 0.698. The first kappa shape index (κ1) is 12.6. The fraction of sp³-hybridized carbons (Fsp3) is 0. The van der Waals surface area contributed by atoms with Gasteiger partial charge in [-0.3, -0.25) is 4.57 Å². The summed E-state index contributed by atoms with van der Waals surface area (Å²) in [4.78, 5) is 8.76. The van der Waals surface area contributed by atoms with E-state index in [-0.39, 0.29) is 0 Å². The van der Waals surface area contributed by atoms with Crippen LogP contribution >= 0.6 is 22.9 Å². The molecule has 0 bridgehead atoms. The number of para-hydroxylation sites is 2. The van der Waals surface area contributed by atoms with E-state index in [1.165, 1.54) is 11.3 Å². The molecule has 4 rings (SSSR count). The summed E-state index contributed by atoms with van der Waals surface area (Å²) in [5, 5.41) is 0.922. The van der Waals surface area contributed by atoms with Crippen LogP contribution in [0.5, 0.6) is 0 Å². The molecule has 0 atom stereocenters. The molecule has 2 aromatic carbocycles. The minimum Gasteiger partial charge on any atom is -0.299 e. The van der Waals surface area contributed by atoms with Crippen molar-refractivity contribution in [2.45, 2.75) is 0 Å². The van der Waals surface area contributed by atoms with Crippen molar-refractivity contribution < 1.29 is 0 Å². The van der Waals surface area contributed by atoms with Gasteiger partial charge < -0.3 is 0 Å². The number of thiazole rings is 1. The molecule has 0 amide bonds. The molecule has 21 heavy (non-hydrogen) atoms. The summed E-state index contributed by atoms with van der Waals surface area (Å²) >= 11 is 7.45. The van der Waals surface area contributed by atoms with Crippen molar-refractivity contribution in [1.82, 2.24) is 14.5 Å². The lowest BCUT2D eigenvalue weighted by Crippen LogP contribution is -1.92. The van der Waals surface area contributed by atoms with E-state index in [0.717, 1.165) is 27.3 Å². The summed E-state index contributed by atoms with van der Waals surface area (Å²) < 4.78 is 2.78. The Morgan fingerprint density at radius 3 is 2.76 bits per heavy atom. The molecule has 2 heterocycles. The van der Waals surface area contributed by atoms with Crippen LogP contribution in [0.4, 0.5) is 0 Å². The Kier molecular flexibility index (Phi) is 2.98. The molecule has 0 aliphatic heterocycles. The smallest absolute Gasteiger partial charge is 0.124 e. The Bertz CT molecular complexity index is 926. The van der Waals surface area contributed by atoms with Crippen molar-refractivity contribution in [3.05, 3.63) is 65.4 Å². The Morgan fingerprint density at radius 2 is 1.90 bits per heavy atom. The van der Waals surface area contributed by atoms with Crippen LogP contribution in [0.1, 0.15) is 0 Å². The highest BCUT2D eigenvalue weighted by molar-refractivity contribution is 7.18. The zero-order valence-corrected chi connectivity index (χ0v) is 12.5. The van der Waals surface area contributed by atoms with Crippen molar-refractivity contribution in [1.29, 1.82) is 0 Å². The third-order valence-electron chi connectivity index (χ3n) is 3.30. The van der Waals surface area contributed by atoms with Crippen molar-refractivity contribution in [3.63, 3.8) is 0 Å². The van der Waals surface area contributed by atoms with E-state index >= 15 is 0 Å². The third-order valence-corrected chi connectivity index (χ3v) is 4.47. The summed E-state index contributed by atoms with van der Waals surface area (Å²) in [6.07, 6.45) is 3.53. The molecule has 0 fully saturated rings. The van der Waals surface area contributed by atoms with Crippen LogP contribution in [-0.4, -0.2) is 14.5 Å². The molecule has 0 saturated carbocycles. The number of halogens is 1. The molecule has 0 spiro atoms. The number of hydrogen-bond donors (Lipinski definition) is 0. The van der Waals surface area contributed by atoms with Gasteiger partial charge in [-0.1, -0.05) is 35.9 Å². The van der Waals surface area contributed by atoms with Crippen molar-refractivity contribution in [3.8, 4) is 16.3 Å². The SMILES string of the molecule is Clc1cnc(-c2cccc(-n3cnc4ccccc43)c2)s1. The zero-order valence-electron chi connectivity index (χ0n) is 10.9. The number of imidazole rings is 1. The van der Waals surface area contributed by atoms with Gasteiger partial charge in [0.2, 0.25) is 0 Å². The lowest BCUT2D eigenvalue weighted by Gasteiger charge is -2.06. The first-order valence-electron chi connectivity index (χ1n) is 6.45. The minimum absolute atomic E-state index is 0.698. The van der Waals surface area contributed by atoms with E-state index in [9.17, 15) is 0 Å². The Hall–Kier alpha value is -2.17. The largest absolute Gasteiger partial charge is 0.299 e. The van der Waals surface area contributed by atoms with Gasteiger partial charge in [0.15, 0.2) is 0 Å². The molecule has 0 aliphatic carbocycles. The second-order valence-corrected chi connectivity index (χ2v) is 6.29. The summed E-state index contributed by atoms with van der Waals surface area (Å²) in [5.41, 5.74) is 4.20. The van der Waals surface area contributed by atoms with Gasteiger partial charge in [0, 0.05) is 11.3 Å². The Balaban J connectivity index is 1.86. The average molecular weight is 312 g/mol. The van der Waals surface area contributed by atoms with E-state index in [1.54, 1.807) is 6.20 Å². The zero-order chi connectivity index (χ0) is 14.2.